The molecule has 1 atom stereocenters. The molecule has 0 radical (unpaired) electrons. The summed E-state index contributed by atoms with van der Waals surface area (Å²) in [5.74, 6) is 0. The van der Waals surface area contributed by atoms with E-state index in [0.29, 0.717) is 5.56 Å². The molecule has 0 fully saturated rings. The Morgan fingerprint density at radius 3 is 2.82 bits per heavy atom. The van der Waals surface area contributed by atoms with Gasteiger partial charge in [-0.25, -0.2) is 0 Å². The minimum Gasteiger partial charge on any atom is -0.370 e. The van der Waals surface area contributed by atoms with Crippen molar-refractivity contribution in [3.63, 3.8) is 0 Å². The third-order valence-corrected chi connectivity index (χ3v) is 1.47. The van der Waals surface area contributed by atoms with Crippen molar-refractivity contribution in [2.75, 3.05) is 6.54 Å². The highest BCUT2D eigenvalue weighted by atomic mass is 16.3. The minimum atomic E-state index is -1.45. The third-order valence-electron chi connectivity index (χ3n) is 1.47. The normalized spacial score (nSPS) is 15.9. The SMILES string of the molecule is NC[C@](N)(O)c1cccnc1. The predicted molar refractivity (Wildman–Crippen MR) is 41.4 cm³/mol. The molecule has 0 saturated carbocycles. The summed E-state index contributed by atoms with van der Waals surface area (Å²) in [7, 11) is 0. The maximum atomic E-state index is 9.41. The third kappa shape index (κ3) is 1.74. The second kappa shape index (κ2) is 2.96. The van der Waals surface area contributed by atoms with Gasteiger partial charge >= 0.3 is 0 Å². The van der Waals surface area contributed by atoms with Crippen molar-refractivity contribution in [2.45, 2.75) is 5.72 Å². The van der Waals surface area contributed by atoms with E-state index in [1.807, 2.05) is 0 Å². The van der Waals surface area contributed by atoms with Crippen molar-refractivity contribution < 1.29 is 5.11 Å². The fourth-order valence-electron chi connectivity index (χ4n) is 0.737. The average Bonchev–Trinajstić information content (AvgIpc) is 2.06. The zero-order valence-electron chi connectivity index (χ0n) is 6.07. The quantitative estimate of drug-likeness (QED) is 0.483. The molecule has 1 rings (SSSR count). The first-order valence-corrected chi connectivity index (χ1v) is 3.28. The van der Waals surface area contributed by atoms with E-state index in [2.05, 4.69) is 4.98 Å². The molecule has 11 heavy (non-hydrogen) atoms. The molecule has 5 N–H and O–H groups in total. The summed E-state index contributed by atoms with van der Waals surface area (Å²) in [4.78, 5) is 3.80. The van der Waals surface area contributed by atoms with Gasteiger partial charge in [0.2, 0.25) is 0 Å². The molecule has 0 bridgehead atoms. The zero-order valence-corrected chi connectivity index (χ0v) is 6.07. The Bertz CT molecular complexity index is 222. The Kier molecular flexibility index (Phi) is 2.19. The Labute approximate surface area is 64.9 Å². The van der Waals surface area contributed by atoms with Gasteiger partial charge in [-0.1, -0.05) is 6.07 Å². The van der Waals surface area contributed by atoms with Crippen LogP contribution in [0.25, 0.3) is 0 Å². The van der Waals surface area contributed by atoms with E-state index in [1.54, 1.807) is 18.3 Å². The van der Waals surface area contributed by atoms with Gasteiger partial charge in [-0.05, 0) is 6.07 Å². The second-order valence-electron chi connectivity index (χ2n) is 2.37. The highest BCUT2D eigenvalue weighted by Gasteiger charge is 2.20. The van der Waals surface area contributed by atoms with Gasteiger partial charge in [-0.2, -0.15) is 0 Å². The van der Waals surface area contributed by atoms with Crippen LogP contribution < -0.4 is 11.5 Å². The van der Waals surface area contributed by atoms with Gasteiger partial charge in [-0.3, -0.25) is 10.7 Å². The maximum Gasteiger partial charge on any atom is 0.153 e. The van der Waals surface area contributed by atoms with Gasteiger partial charge in [0.1, 0.15) is 0 Å². The summed E-state index contributed by atoms with van der Waals surface area (Å²) in [6.07, 6.45) is 3.10. The molecule has 0 saturated heterocycles. The number of nitrogens with zero attached hydrogens (tertiary/aromatic N) is 1. The molecule has 1 aromatic rings. The van der Waals surface area contributed by atoms with Gasteiger partial charge < -0.3 is 10.8 Å². The first kappa shape index (κ1) is 8.13. The molecule has 0 unspecified atom stereocenters. The van der Waals surface area contributed by atoms with Crippen LogP contribution in [0.3, 0.4) is 0 Å². The molecule has 0 aliphatic carbocycles. The number of aliphatic hydroxyl groups is 1. The average molecular weight is 153 g/mol. The monoisotopic (exact) mass is 153 g/mol. The van der Waals surface area contributed by atoms with E-state index in [1.165, 1.54) is 6.20 Å². The van der Waals surface area contributed by atoms with Crippen molar-refractivity contribution in [3.05, 3.63) is 30.1 Å². The van der Waals surface area contributed by atoms with E-state index in [4.69, 9.17) is 11.5 Å². The van der Waals surface area contributed by atoms with E-state index in [0.717, 1.165) is 0 Å². The van der Waals surface area contributed by atoms with Crippen molar-refractivity contribution in [1.29, 1.82) is 0 Å². The number of nitrogens with two attached hydrogens (primary N) is 2. The van der Waals surface area contributed by atoms with E-state index < -0.39 is 5.72 Å². The van der Waals surface area contributed by atoms with Gasteiger partial charge in [0.25, 0.3) is 0 Å². The molecule has 0 aliphatic heterocycles. The topological polar surface area (TPSA) is 85.2 Å². The van der Waals surface area contributed by atoms with Crippen LogP contribution >= 0.6 is 0 Å². The molecule has 1 aromatic heterocycles. The van der Waals surface area contributed by atoms with Crippen LogP contribution in [0.1, 0.15) is 5.56 Å². The first-order valence-electron chi connectivity index (χ1n) is 3.28. The summed E-state index contributed by atoms with van der Waals surface area (Å²) >= 11 is 0. The molecular weight excluding hydrogens is 142 g/mol. The fraction of sp³-hybridized carbons (Fsp3) is 0.286. The van der Waals surface area contributed by atoms with Gasteiger partial charge in [0.05, 0.1) is 0 Å². The predicted octanol–water partition coefficient (Wildman–Crippen LogP) is -0.856. The Balaban J connectivity index is 2.93. The van der Waals surface area contributed by atoms with Crippen molar-refractivity contribution in [1.82, 2.24) is 4.98 Å². The van der Waals surface area contributed by atoms with E-state index in [-0.39, 0.29) is 6.54 Å². The fourth-order valence-corrected chi connectivity index (χ4v) is 0.737. The highest BCUT2D eigenvalue weighted by molar-refractivity contribution is 5.16. The van der Waals surface area contributed by atoms with Crippen LogP contribution in [0.4, 0.5) is 0 Å². The molecule has 60 valence electrons. The van der Waals surface area contributed by atoms with Crippen molar-refractivity contribution in [3.8, 4) is 0 Å². The van der Waals surface area contributed by atoms with Crippen LogP contribution in [-0.4, -0.2) is 16.6 Å². The van der Waals surface area contributed by atoms with Gasteiger partial charge in [0.15, 0.2) is 5.72 Å². The van der Waals surface area contributed by atoms with Crippen LogP contribution in [-0.2, 0) is 5.72 Å². The summed E-state index contributed by atoms with van der Waals surface area (Å²) in [5.41, 5.74) is 9.74. The number of pyridine rings is 1. The summed E-state index contributed by atoms with van der Waals surface area (Å²) in [5, 5.41) is 9.41. The van der Waals surface area contributed by atoms with E-state index in [9.17, 15) is 5.11 Å². The summed E-state index contributed by atoms with van der Waals surface area (Å²) < 4.78 is 0. The van der Waals surface area contributed by atoms with Gasteiger partial charge in [0, 0.05) is 24.5 Å². The van der Waals surface area contributed by atoms with Crippen LogP contribution in [0, 0.1) is 0 Å². The van der Waals surface area contributed by atoms with E-state index >= 15 is 0 Å². The minimum absolute atomic E-state index is 0.0152. The molecule has 0 aliphatic rings. The first-order chi connectivity index (χ1) is 5.17. The number of hydrogen-bond donors (Lipinski definition) is 3. The lowest BCUT2D eigenvalue weighted by atomic mass is 10.1. The Hall–Kier alpha value is -0.970. The Morgan fingerprint density at radius 1 is 1.64 bits per heavy atom. The maximum absolute atomic E-state index is 9.41. The highest BCUT2D eigenvalue weighted by Crippen LogP contribution is 2.10. The smallest absolute Gasteiger partial charge is 0.153 e. The summed E-state index contributed by atoms with van der Waals surface area (Å²) in [6, 6.07) is 3.38. The van der Waals surface area contributed by atoms with Crippen molar-refractivity contribution in [2.24, 2.45) is 11.5 Å². The molecule has 0 aromatic carbocycles. The number of rotatable bonds is 2. The molecule has 4 heteroatoms. The largest absolute Gasteiger partial charge is 0.370 e. The number of aromatic nitrogens is 1. The standard InChI is InChI=1S/C7H11N3O/c8-5-7(9,11)6-2-1-3-10-4-6/h1-4,11H,5,8-9H2/t7-/m0/s1. The Morgan fingerprint density at radius 2 is 2.36 bits per heavy atom. The molecule has 0 spiro atoms. The molecule has 0 amide bonds. The van der Waals surface area contributed by atoms with Crippen LogP contribution in [0.2, 0.25) is 0 Å². The lowest BCUT2D eigenvalue weighted by Crippen LogP contribution is -2.43. The van der Waals surface area contributed by atoms with Crippen LogP contribution in [0.5, 0.6) is 0 Å². The molecular formula is C7H11N3O. The van der Waals surface area contributed by atoms with Crippen molar-refractivity contribution >= 4 is 0 Å². The lowest BCUT2D eigenvalue weighted by molar-refractivity contribution is 0.0528. The second-order valence-corrected chi connectivity index (χ2v) is 2.37. The molecule has 1 heterocycles. The molecule has 4 nitrogen and oxygen atoms in total. The lowest BCUT2D eigenvalue weighted by Gasteiger charge is -2.20. The summed E-state index contributed by atoms with van der Waals surface area (Å²) in [6.45, 7) is -0.0152. The number of hydrogen-bond acceptors (Lipinski definition) is 4. The van der Waals surface area contributed by atoms with Gasteiger partial charge in [-0.15, -0.1) is 0 Å². The van der Waals surface area contributed by atoms with Crippen LogP contribution in [0.15, 0.2) is 24.5 Å². The zero-order chi connectivity index (χ0) is 8.32.